The summed E-state index contributed by atoms with van der Waals surface area (Å²) < 4.78 is 15.9. The highest BCUT2D eigenvalue weighted by Gasteiger charge is 2.13. The number of halogens is 1. The summed E-state index contributed by atoms with van der Waals surface area (Å²) in [5.41, 5.74) is 2.17. The van der Waals surface area contributed by atoms with Gasteiger partial charge in [0.15, 0.2) is 0 Å². The van der Waals surface area contributed by atoms with E-state index in [1.54, 1.807) is 30.4 Å². The number of carbonyl (C=O) groups excluding carboxylic acids is 2. The van der Waals surface area contributed by atoms with Crippen LogP contribution in [-0.4, -0.2) is 29.5 Å². The van der Waals surface area contributed by atoms with Crippen molar-refractivity contribution in [2.75, 3.05) is 13.1 Å². The number of nitrogens with one attached hydrogen (secondary N) is 2. The van der Waals surface area contributed by atoms with Gasteiger partial charge < -0.3 is 15.2 Å². The van der Waals surface area contributed by atoms with Crippen molar-refractivity contribution >= 4 is 11.8 Å². The van der Waals surface area contributed by atoms with E-state index in [9.17, 15) is 14.0 Å². The molecule has 2 aromatic rings. The van der Waals surface area contributed by atoms with E-state index in [4.69, 9.17) is 0 Å². The van der Waals surface area contributed by atoms with Crippen LogP contribution < -0.4 is 10.6 Å². The highest BCUT2D eigenvalue weighted by atomic mass is 19.1. The van der Waals surface area contributed by atoms with Gasteiger partial charge in [0.05, 0.1) is 5.56 Å². The first-order valence-electron chi connectivity index (χ1n) is 8.56. The molecule has 0 fully saturated rings. The summed E-state index contributed by atoms with van der Waals surface area (Å²) in [5.74, 6) is -1.08. The zero-order valence-electron chi connectivity index (χ0n) is 15.3. The fourth-order valence-corrected chi connectivity index (χ4v) is 2.53. The van der Waals surface area contributed by atoms with Crippen LogP contribution in [-0.2, 0) is 13.5 Å². The molecule has 0 atom stereocenters. The molecule has 0 spiro atoms. The van der Waals surface area contributed by atoms with Crippen LogP contribution in [0.3, 0.4) is 0 Å². The van der Waals surface area contributed by atoms with Crippen LogP contribution in [0, 0.1) is 12.7 Å². The van der Waals surface area contributed by atoms with Gasteiger partial charge in [-0.3, -0.25) is 9.59 Å². The minimum absolute atomic E-state index is 0.0464. The van der Waals surface area contributed by atoms with Gasteiger partial charge in [0.1, 0.15) is 11.5 Å². The first kappa shape index (κ1) is 19.4. The number of nitrogens with zero attached hydrogens (tertiary/aromatic N) is 1. The van der Waals surface area contributed by atoms with Gasteiger partial charge in [-0.2, -0.15) is 0 Å². The number of hydrogen-bond acceptors (Lipinski definition) is 2. The van der Waals surface area contributed by atoms with E-state index >= 15 is 0 Å². The van der Waals surface area contributed by atoms with E-state index in [2.05, 4.69) is 10.6 Å². The smallest absolute Gasteiger partial charge is 0.268 e. The number of benzene rings is 1. The molecular formula is C20H24FN3O2. The monoisotopic (exact) mass is 357 g/mol. The average molecular weight is 357 g/mol. The largest absolute Gasteiger partial charge is 0.348 e. The van der Waals surface area contributed by atoms with E-state index in [0.717, 1.165) is 5.69 Å². The van der Waals surface area contributed by atoms with Crippen molar-refractivity contribution < 1.29 is 14.0 Å². The fourth-order valence-electron chi connectivity index (χ4n) is 2.53. The second-order valence-corrected chi connectivity index (χ2v) is 5.94. The molecule has 0 saturated heterocycles. The second kappa shape index (κ2) is 8.99. The van der Waals surface area contributed by atoms with Crippen LogP contribution in [0.15, 0.2) is 42.5 Å². The first-order chi connectivity index (χ1) is 12.5. The van der Waals surface area contributed by atoms with Crippen LogP contribution in [0.1, 0.15) is 39.0 Å². The van der Waals surface area contributed by atoms with Crippen LogP contribution in [0.2, 0.25) is 0 Å². The van der Waals surface area contributed by atoms with E-state index in [1.165, 1.54) is 6.07 Å². The lowest BCUT2D eigenvalue weighted by Crippen LogP contribution is -2.26. The van der Waals surface area contributed by atoms with Gasteiger partial charge >= 0.3 is 0 Å². The van der Waals surface area contributed by atoms with Gasteiger partial charge in [0.25, 0.3) is 11.8 Å². The van der Waals surface area contributed by atoms with Crippen LogP contribution >= 0.6 is 0 Å². The fraction of sp³-hybridized carbons (Fsp3) is 0.300. The van der Waals surface area contributed by atoms with Crippen LogP contribution in [0.4, 0.5) is 4.39 Å². The predicted molar refractivity (Wildman–Crippen MR) is 99.7 cm³/mol. The van der Waals surface area contributed by atoms with Crippen molar-refractivity contribution in [3.63, 3.8) is 0 Å². The minimum Gasteiger partial charge on any atom is -0.348 e. The summed E-state index contributed by atoms with van der Waals surface area (Å²) in [5, 5.41) is 5.42. The van der Waals surface area contributed by atoms with Crippen LogP contribution in [0.5, 0.6) is 0 Å². The molecule has 0 saturated carbocycles. The molecule has 6 heteroatoms. The summed E-state index contributed by atoms with van der Waals surface area (Å²) in [6, 6.07) is 8.46. The van der Waals surface area contributed by atoms with Gasteiger partial charge in [0, 0.05) is 25.8 Å². The lowest BCUT2D eigenvalue weighted by Gasteiger charge is -2.07. The topological polar surface area (TPSA) is 63.1 Å². The Bertz CT molecular complexity index is 824. The molecule has 1 aromatic heterocycles. The van der Waals surface area contributed by atoms with Crippen LogP contribution in [0.25, 0.3) is 0 Å². The molecule has 0 aliphatic carbocycles. The van der Waals surface area contributed by atoms with Gasteiger partial charge in [0.2, 0.25) is 0 Å². The number of carbonyl (C=O) groups is 2. The summed E-state index contributed by atoms with van der Waals surface area (Å²) >= 11 is 0. The third-order valence-electron chi connectivity index (χ3n) is 4.24. The summed E-state index contributed by atoms with van der Waals surface area (Å²) in [6.45, 7) is 4.37. The van der Waals surface area contributed by atoms with Gasteiger partial charge in [-0.25, -0.2) is 4.39 Å². The number of rotatable bonds is 7. The predicted octanol–water partition coefficient (Wildman–Crippen LogP) is 2.75. The summed E-state index contributed by atoms with van der Waals surface area (Å²) in [6.07, 6.45) is 4.00. The molecule has 2 rings (SSSR count). The van der Waals surface area contributed by atoms with Crippen molar-refractivity contribution in [3.05, 3.63) is 70.8 Å². The highest BCUT2D eigenvalue weighted by Crippen LogP contribution is 2.13. The maximum atomic E-state index is 14.1. The third-order valence-corrected chi connectivity index (χ3v) is 4.24. The molecule has 1 aromatic carbocycles. The third kappa shape index (κ3) is 4.59. The molecule has 0 aliphatic rings. The molecule has 1 heterocycles. The lowest BCUT2D eigenvalue weighted by atomic mass is 10.1. The maximum absolute atomic E-state index is 14.1. The number of amides is 2. The Morgan fingerprint density at radius 3 is 2.31 bits per heavy atom. The van der Waals surface area contributed by atoms with Crippen molar-refractivity contribution in [1.82, 2.24) is 15.2 Å². The molecule has 138 valence electrons. The average Bonchev–Trinajstić information content (AvgIpc) is 2.97. The Morgan fingerprint density at radius 2 is 1.73 bits per heavy atom. The molecular weight excluding hydrogens is 333 g/mol. The highest BCUT2D eigenvalue weighted by molar-refractivity contribution is 5.94. The Hall–Kier alpha value is -2.89. The lowest BCUT2D eigenvalue weighted by molar-refractivity contribution is 0.0942. The maximum Gasteiger partial charge on any atom is 0.268 e. The molecule has 0 bridgehead atoms. The van der Waals surface area contributed by atoms with E-state index < -0.39 is 11.7 Å². The van der Waals surface area contributed by atoms with Crippen molar-refractivity contribution in [2.24, 2.45) is 7.05 Å². The molecule has 2 N–H and O–H groups in total. The van der Waals surface area contributed by atoms with E-state index in [0.29, 0.717) is 24.2 Å². The number of aryl methyl sites for hydroxylation is 2. The van der Waals surface area contributed by atoms with Crippen molar-refractivity contribution in [1.29, 1.82) is 0 Å². The van der Waals surface area contributed by atoms with Gasteiger partial charge in [-0.15, -0.1) is 0 Å². The summed E-state index contributed by atoms with van der Waals surface area (Å²) in [4.78, 5) is 24.1. The molecule has 0 radical (unpaired) electrons. The Kier molecular flexibility index (Phi) is 6.72. The number of aromatic nitrogens is 1. The number of hydrogen-bond donors (Lipinski definition) is 2. The first-order valence-corrected chi connectivity index (χ1v) is 8.56. The minimum atomic E-state index is -0.471. The quantitative estimate of drug-likeness (QED) is 0.749. The van der Waals surface area contributed by atoms with Crippen molar-refractivity contribution in [2.45, 2.75) is 20.3 Å². The van der Waals surface area contributed by atoms with Gasteiger partial charge in [-0.1, -0.05) is 31.2 Å². The summed E-state index contributed by atoms with van der Waals surface area (Å²) in [7, 11) is 1.84. The Labute approximate surface area is 152 Å². The van der Waals surface area contributed by atoms with Gasteiger partial charge in [-0.05, 0) is 37.1 Å². The van der Waals surface area contributed by atoms with Crippen molar-refractivity contribution in [3.8, 4) is 0 Å². The van der Waals surface area contributed by atoms with E-state index in [1.807, 2.05) is 31.5 Å². The molecule has 26 heavy (non-hydrogen) atoms. The molecule has 0 unspecified atom stereocenters. The second-order valence-electron chi connectivity index (χ2n) is 5.94. The SMILES string of the molecule is CCc1cccc(C(=O)NC/C=C\CNC(=O)c2ccc(C)n2C)c1F. The zero-order valence-corrected chi connectivity index (χ0v) is 15.3. The standard InChI is InChI=1S/C20H24FN3O2/c1-4-15-8-7-9-16(18(15)21)19(25)22-12-5-6-13-23-20(26)17-11-10-14(2)24(17)3/h5-11H,4,12-13H2,1-3H3,(H,22,25)(H,23,26)/b6-5-. The normalized spacial score (nSPS) is 10.9. The molecule has 2 amide bonds. The Balaban J connectivity index is 1.78. The molecule has 0 aliphatic heterocycles. The Morgan fingerprint density at radius 1 is 1.08 bits per heavy atom. The zero-order chi connectivity index (χ0) is 19.1. The molecule has 5 nitrogen and oxygen atoms in total. The van der Waals surface area contributed by atoms with E-state index in [-0.39, 0.29) is 18.0 Å².